The molecule has 0 radical (unpaired) electrons. The number of carbonyl (C=O) groups is 2. The molecule has 0 bridgehead atoms. The number of rotatable bonds is 6. The number of amides is 1. The minimum Gasteiger partial charge on any atom is -0.481 e. The number of hydrogen-bond acceptors (Lipinski definition) is 3. The zero-order valence-electron chi connectivity index (χ0n) is 9.41. The van der Waals surface area contributed by atoms with Crippen molar-refractivity contribution in [2.45, 2.75) is 32.1 Å². The highest BCUT2D eigenvalue weighted by atomic mass is 32.2. The van der Waals surface area contributed by atoms with Crippen molar-refractivity contribution in [2.24, 2.45) is 5.92 Å². The van der Waals surface area contributed by atoms with E-state index in [-0.39, 0.29) is 17.6 Å². The Morgan fingerprint density at radius 1 is 1.25 bits per heavy atom. The fraction of sp³-hybridized carbons (Fsp3) is 0.818. The normalized spacial score (nSPS) is 17.0. The van der Waals surface area contributed by atoms with Crippen LogP contribution in [0.5, 0.6) is 0 Å². The van der Waals surface area contributed by atoms with Gasteiger partial charge in [0.05, 0.1) is 5.75 Å². The van der Waals surface area contributed by atoms with Crippen LogP contribution in [0, 0.1) is 5.92 Å². The number of carboxylic acid groups (broad SMARTS) is 1. The van der Waals surface area contributed by atoms with E-state index in [4.69, 9.17) is 5.11 Å². The first-order valence-electron chi connectivity index (χ1n) is 5.77. The molecule has 0 aromatic heterocycles. The first-order chi connectivity index (χ1) is 7.70. The Morgan fingerprint density at radius 2 is 1.94 bits per heavy atom. The Bertz CT molecular complexity index is 239. The predicted octanol–water partition coefficient (Wildman–Crippen LogP) is 1.50. The third-order valence-corrected chi connectivity index (χ3v) is 3.69. The minimum atomic E-state index is -0.802. The van der Waals surface area contributed by atoms with E-state index in [0.29, 0.717) is 12.3 Å². The largest absolute Gasteiger partial charge is 0.481 e. The molecular formula is C11H19NO3S. The highest BCUT2D eigenvalue weighted by molar-refractivity contribution is 7.99. The van der Waals surface area contributed by atoms with Gasteiger partial charge >= 0.3 is 5.97 Å². The summed E-state index contributed by atoms with van der Waals surface area (Å²) in [4.78, 5) is 21.9. The maximum atomic E-state index is 11.7. The van der Waals surface area contributed by atoms with Crippen LogP contribution in [0.4, 0.5) is 0 Å². The summed E-state index contributed by atoms with van der Waals surface area (Å²) in [6.45, 7) is 0.577. The Balaban J connectivity index is 2.03. The molecular weight excluding hydrogens is 226 g/mol. The molecule has 0 aromatic rings. The number of nitrogens with one attached hydrogen (secondary N) is 1. The SMILES string of the molecule is O=C(O)CSCCNC(=O)C1CCCCC1. The Labute approximate surface area is 100 Å². The molecule has 1 aliphatic carbocycles. The fourth-order valence-corrected chi connectivity index (χ4v) is 2.48. The average Bonchev–Trinajstić information content (AvgIpc) is 2.29. The van der Waals surface area contributed by atoms with Crippen LogP contribution in [0.3, 0.4) is 0 Å². The zero-order valence-corrected chi connectivity index (χ0v) is 10.2. The molecule has 1 amide bonds. The van der Waals surface area contributed by atoms with E-state index in [2.05, 4.69) is 5.32 Å². The third-order valence-electron chi connectivity index (χ3n) is 2.75. The minimum absolute atomic E-state index is 0.110. The molecule has 1 rings (SSSR count). The summed E-state index contributed by atoms with van der Waals surface area (Å²) in [6, 6.07) is 0. The van der Waals surface area contributed by atoms with E-state index in [9.17, 15) is 9.59 Å². The van der Waals surface area contributed by atoms with Gasteiger partial charge in [-0.15, -0.1) is 11.8 Å². The highest BCUT2D eigenvalue weighted by Gasteiger charge is 2.20. The molecule has 5 heteroatoms. The molecule has 16 heavy (non-hydrogen) atoms. The molecule has 0 unspecified atom stereocenters. The lowest BCUT2D eigenvalue weighted by molar-refractivity contribution is -0.134. The Hall–Kier alpha value is -0.710. The van der Waals surface area contributed by atoms with Crippen LogP contribution in [-0.2, 0) is 9.59 Å². The van der Waals surface area contributed by atoms with E-state index in [1.165, 1.54) is 18.2 Å². The standard InChI is InChI=1S/C11H19NO3S/c13-10(14)8-16-7-6-12-11(15)9-4-2-1-3-5-9/h9H,1-8H2,(H,12,15)(H,13,14). The van der Waals surface area contributed by atoms with Crippen LogP contribution in [0.25, 0.3) is 0 Å². The van der Waals surface area contributed by atoms with E-state index in [1.54, 1.807) is 0 Å². The first-order valence-corrected chi connectivity index (χ1v) is 6.93. The van der Waals surface area contributed by atoms with E-state index in [0.717, 1.165) is 25.7 Å². The molecule has 0 saturated heterocycles. The number of hydrogen-bond donors (Lipinski definition) is 2. The number of thioether (sulfide) groups is 1. The lowest BCUT2D eigenvalue weighted by Crippen LogP contribution is -2.33. The van der Waals surface area contributed by atoms with Crippen LogP contribution in [-0.4, -0.2) is 35.0 Å². The maximum absolute atomic E-state index is 11.7. The van der Waals surface area contributed by atoms with Crippen molar-refractivity contribution in [1.29, 1.82) is 0 Å². The molecule has 1 fully saturated rings. The number of carbonyl (C=O) groups excluding carboxylic acids is 1. The van der Waals surface area contributed by atoms with Crippen molar-refractivity contribution >= 4 is 23.6 Å². The van der Waals surface area contributed by atoms with Gasteiger partial charge in [-0.25, -0.2) is 0 Å². The lowest BCUT2D eigenvalue weighted by atomic mass is 9.89. The first kappa shape index (κ1) is 13.4. The van der Waals surface area contributed by atoms with E-state index in [1.807, 2.05) is 0 Å². The van der Waals surface area contributed by atoms with Gasteiger partial charge in [-0.1, -0.05) is 19.3 Å². The molecule has 0 spiro atoms. The molecule has 1 saturated carbocycles. The predicted molar refractivity (Wildman–Crippen MR) is 64.5 cm³/mol. The quantitative estimate of drug-likeness (QED) is 0.696. The maximum Gasteiger partial charge on any atom is 0.313 e. The molecule has 2 N–H and O–H groups in total. The second-order valence-electron chi connectivity index (χ2n) is 4.07. The van der Waals surface area contributed by atoms with Gasteiger partial charge in [0.15, 0.2) is 0 Å². The van der Waals surface area contributed by atoms with Crippen LogP contribution < -0.4 is 5.32 Å². The monoisotopic (exact) mass is 245 g/mol. The summed E-state index contributed by atoms with van der Waals surface area (Å²) < 4.78 is 0. The fourth-order valence-electron chi connectivity index (χ4n) is 1.91. The van der Waals surface area contributed by atoms with Crippen LogP contribution in [0.15, 0.2) is 0 Å². The second kappa shape index (κ2) is 7.54. The lowest BCUT2D eigenvalue weighted by Gasteiger charge is -2.20. The van der Waals surface area contributed by atoms with Crippen molar-refractivity contribution < 1.29 is 14.7 Å². The average molecular weight is 245 g/mol. The molecule has 4 nitrogen and oxygen atoms in total. The molecule has 1 aliphatic rings. The molecule has 0 heterocycles. The van der Waals surface area contributed by atoms with Gasteiger partial charge in [-0.3, -0.25) is 9.59 Å². The smallest absolute Gasteiger partial charge is 0.313 e. The van der Waals surface area contributed by atoms with E-state index < -0.39 is 5.97 Å². The van der Waals surface area contributed by atoms with Crippen molar-refractivity contribution in [3.63, 3.8) is 0 Å². The van der Waals surface area contributed by atoms with Gasteiger partial charge in [0.1, 0.15) is 0 Å². The Morgan fingerprint density at radius 3 is 2.56 bits per heavy atom. The van der Waals surface area contributed by atoms with Gasteiger partial charge in [-0.2, -0.15) is 0 Å². The highest BCUT2D eigenvalue weighted by Crippen LogP contribution is 2.23. The topological polar surface area (TPSA) is 66.4 Å². The van der Waals surface area contributed by atoms with Gasteiger partial charge in [0.25, 0.3) is 0 Å². The summed E-state index contributed by atoms with van der Waals surface area (Å²) in [5, 5.41) is 11.3. The van der Waals surface area contributed by atoms with Gasteiger partial charge in [0.2, 0.25) is 5.91 Å². The van der Waals surface area contributed by atoms with Gasteiger partial charge in [-0.05, 0) is 12.8 Å². The van der Waals surface area contributed by atoms with Crippen molar-refractivity contribution in [3.8, 4) is 0 Å². The number of aliphatic carboxylic acids is 1. The molecule has 0 atom stereocenters. The summed E-state index contributed by atoms with van der Waals surface area (Å²) in [6.07, 6.45) is 5.58. The molecule has 0 aliphatic heterocycles. The Kier molecular flexibility index (Phi) is 6.30. The van der Waals surface area contributed by atoms with Crippen LogP contribution in [0.2, 0.25) is 0 Å². The van der Waals surface area contributed by atoms with E-state index >= 15 is 0 Å². The number of carboxylic acids is 1. The zero-order chi connectivity index (χ0) is 11.8. The third kappa shape index (κ3) is 5.39. The van der Waals surface area contributed by atoms with Crippen molar-refractivity contribution in [3.05, 3.63) is 0 Å². The van der Waals surface area contributed by atoms with Crippen LogP contribution >= 0.6 is 11.8 Å². The summed E-state index contributed by atoms with van der Waals surface area (Å²) in [5.74, 6) is 0.321. The van der Waals surface area contributed by atoms with Gasteiger partial charge < -0.3 is 10.4 Å². The van der Waals surface area contributed by atoms with Crippen molar-refractivity contribution in [2.75, 3.05) is 18.1 Å². The summed E-state index contributed by atoms with van der Waals surface area (Å²) in [5.41, 5.74) is 0. The molecule has 0 aromatic carbocycles. The summed E-state index contributed by atoms with van der Waals surface area (Å²) in [7, 11) is 0. The summed E-state index contributed by atoms with van der Waals surface area (Å²) >= 11 is 1.34. The van der Waals surface area contributed by atoms with Gasteiger partial charge in [0, 0.05) is 18.2 Å². The molecule has 92 valence electrons. The second-order valence-corrected chi connectivity index (χ2v) is 5.18. The van der Waals surface area contributed by atoms with Crippen molar-refractivity contribution in [1.82, 2.24) is 5.32 Å². The van der Waals surface area contributed by atoms with Crippen LogP contribution in [0.1, 0.15) is 32.1 Å².